The molecule has 0 aliphatic carbocycles. The van der Waals surface area contributed by atoms with Crippen LogP contribution in [0.1, 0.15) is 5.56 Å². The summed E-state index contributed by atoms with van der Waals surface area (Å²) < 4.78 is 2.26. The van der Waals surface area contributed by atoms with Crippen LogP contribution in [-0.4, -0.2) is 15.0 Å². The van der Waals surface area contributed by atoms with Crippen LogP contribution in [-0.2, 0) is 17.9 Å². The standard InChI is InChI=1S/C13H12ClN3O3/c14-10-3-1-9(2-4-10)7-16-5-6-17(8-11(15)18)13(20)12(16)19/h1-6H,7-8H2,(H2,15,18). The van der Waals surface area contributed by atoms with Gasteiger partial charge in [-0.15, -0.1) is 0 Å². The quantitative estimate of drug-likeness (QED) is 0.817. The van der Waals surface area contributed by atoms with Gasteiger partial charge in [-0.1, -0.05) is 23.7 Å². The molecule has 2 N–H and O–H groups in total. The lowest BCUT2D eigenvalue weighted by atomic mass is 10.2. The van der Waals surface area contributed by atoms with E-state index < -0.39 is 17.0 Å². The van der Waals surface area contributed by atoms with Gasteiger partial charge in [-0.25, -0.2) is 0 Å². The van der Waals surface area contributed by atoms with Crippen LogP contribution in [0.15, 0.2) is 46.2 Å². The van der Waals surface area contributed by atoms with Crippen LogP contribution in [0.5, 0.6) is 0 Å². The third-order valence-electron chi connectivity index (χ3n) is 2.72. The van der Waals surface area contributed by atoms with E-state index in [0.29, 0.717) is 5.02 Å². The van der Waals surface area contributed by atoms with Crippen LogP contribution in [0, 0.1) is 0 Å². The molecule has 104 valence electrons. The van der Waals surface area contributed by atoms with Crippen LogP contribution in [0.2, 0.25) is 5.02 Å². The summed E-state index contributed by atoms with van der Waals surface area (Å²) in [5, 5.41) is 0.595. The predicted octanol–water partition coefficient (Wildman–Crippen LogP) is 0.197. The topological polar surface area (TPSA) is 87.1 Å². The monoisotopic (exact) mass is 293 g/mol. The van der Waals surface area contributed by atoms with E-state index in [9.17, 15) is 14.4 Å². The second kappa shape index (κ2) is 5.75. The summed E-state index contributed by atoms with van der Waals surface area (Å²) in [5.74, 6) is -0.679. The first-order valence-electron chi connectivity index (χ1n) is 5.80. The van der Waals surface area contributed by atoms with Gasteiger partial charge >= 0.3 is 11.1 Å². The number of amides is 1. The fourth-order valence-corrected chi connectivity index (χ4v) is 1.87. The minimum atomic E-state index is -0.778. The molecule has 0 atom stereocenters. The zero-order valence-electron chi connectivity index (χ0n) is 10.5. The van der Waals surface area contributed by atoms with Crippen LogP contribution < -0.4 is 16.9 Å². The van der Waals surface area contributed by atoms with Crippen LogP contribution in [0.25, 0.3) is 0 Å². The maximum atomic E-state index is 11.9. The molecule has 0 bridgehead atoms. The molecule has 7 heteroatoms. The lowest BCUT2D eigenvalue weighted by Crippen LogP contribution is -2.42. The Labute approximate surface area is 119 Å². The second-order valence-corrected chi connectivity index (χ2v) is 4.69. The summed E-state index contributed by atoms with van der Waals surface area (Å²) in [6, 6.07) is 6.94. The molecule has 0 fully saturated rings. The fraction of sp³-hybridized carbons (Fsp3) is 0.154. The van der Waals surface area contributed by atoms with E-state index >= 15 is 0 Å². The van der Waals surface area contributed by atoms with Crippen LogP contribution >= 0.6 is 11.6 Å². The van der Waals surface area contributed by atoms with Crippen molar-refractivity contribution >= 4 is 17.5 Å². The number of hydrogen-bond acceptors (Lipinski definition) is 3. The van der Waals surface area contributed by atoms with Gasteiger partial charge in [0.15, 0.2) is 0 Å². The van der Waals surface area contributed by atoms with E-state index in [1.165, 1.54) is 17.0 Å². The average molecular weight is 294 g/mol. The van der Waals surface area contributed by atoms with E-state index in [1.807, 2.05) is 0 Å². The Kier molecular flexibility index (Phi) is 4.05. The minimum absolute atomic E-state index is 0.253. The number of aromatic nitrogens is 2. The summed E-state index contributed by atoms with van der Waals surface area (Å²) in [5.41, 5.74) is 4.35. The van der Waals surface area contributed by atoms with Gasteiger partial charge in [-0.2, -0.15) is 0 Å². The number of rotatable bonds is 4. The molecule has 0 unspecified atom stereocenters. The molecular weight excluding hydrogens is 282 g/mol. The van der Waals surface area contributed by atoms with E-state index in [0.717, 1.165) is 10.1 Å². The molecular formula is C13H12ClN3O3. The molecule has 0 spiro atoms. The van der Waals surface area contributed by atoms with Gasteiger partial charge < -0.3 is 10.3 Å². The van der Waals surface area contributed by atoms with Gasteiger partial charge in [-0.05, 0) is 17.7 Å². The van der Waals surface area contributed by atoms with Crippen molar-refractivity contribution in [2.24, 2.45) is 5.73 Å². The lowest BCUT2D eigenvalue weighted by molar-refractivity contribution is -0.118. The number of carbonyl (C=O) groups is 1. The van der Waals surface area contributed by atoms with Crippen molar-refractivity contribution in [1.29, 1.82) is 0 Å². The van der Waals surface area contributed by atoms with Gasteiger partial charge in [0.2, 0.25) is 5.91 Å². The minimum Gasteiger partial charge on any atom is -0.368 e. The molecule has 2 rings (SSSR count). The third-order valence-corrected chi connectivity index (χ3v) is 2.98. The summed E-state index contributed by atoms with van der Waals surface area (Å²) in [6.45, 7) is -0.0570. The Hall–Kier alpha value is -2.34. The highest BCUT2D eigenvalue weighted by Crippen LogP contribution is 2.09. The number of hydrogen-bond donors (Lipinski definition) is 1. The Morgan fingerprint density at radius 3 is 2.20 bits per heavy atom. The zero-order chi connectivity index (χ0) is 14.7. The number of halogens is 1. The molecule has 20 heavy (non-hydrogen) atoms. The molecule has 0 saturated heterocycles. The molecule has 0 saturated carbocycles. The molecule has 2 aromatic rings. The number of nitrogens with zero attached hydrogens (tertiary/aromatic N) is 2. The molecule has 1 amide bonds. The van der Waals surface area contributed by atoms with Crippen molar-refractivity contribution < 1.29 is 4.79 Å². The second-order valence-electron chi connectivity index (χ2n) is 4.26. The molecule has 1 heterocycles. The largest absolute Gasteiger partial charge is 0.368 e. The van der Waals surface area contributed by atoms with Crippen LogP contribution in [0.4, 0.5) is 0 Å². The van der Waals surface area contributed by atoms with Gasteiger partial charge in [0.05, 0.1) is 6.54 Å². The fourth-order valence-electron chi connectivity index (χ4n) is 1.75. The summed E-state index contributed by atoms with van der Waals surface area (Å²) in [7, 11) is 0. The Bertz CT molecular complexity index is 747. The Balaban J connectivity index is 2.32. The average Bonchev–Trinajstić information content (AvgIpc) is 2.40. The Morgan fingerprint density at radius 1 is 1.05 bits per heavy atom. The van der Waals surface area contributed by atoms with E-state index in [2.05, 4.69) is 0 Å². The van der Waals surface area contributed by atoms with Crippen molar-refractivity contribution in [2.75, 3.05) is 0 Å². The molecule has 0 aliphatic heterocycles. The van der Waals surface area contributed by atoms with Crippen molar-refractivity contribution in [3.8, 4) is 0 Å². The van der Waals surface area contributed by atoms with Gasteiger partial charge in [0.1, 0.15) is 6.54 Å². The molecule has 1 aromatic carbocycles. The van der Waals surface area contributed by atoms with Gasteiger partial charge in [-0.3, -0.25) is 19.0 Å². The Morgan fingerprint density at radius 2 is 1.60 bits per heavy atom. The third kappa shape index (κ3) is 3.16. The van der Waals surface area contributed by atoms with Crippen molar-refractivity contribution in [2.45, 2.75) is 13.1 Å². The molecule has 0 radical (unpaired) electrons. The first-order chi connectivity index (χ1) is 9.47. The van der Waals surface area contributed by atoms with E-state index in [1.54, 1.807) is 24.3 Å². The SMILES string of the molecule is NC(=O)Cn1ccn(Cc2ccc(Cl)cc2)c(=O)c1=O. The smallest absolute Gasteiger partial charge is 0.316 e. The van der Waals surface area contributed by atoms with E-state index in [4.69, 9.17) is 17.3 Å². The zero-order valence-corrected chi connectivity index (χ0v) is 11.2. The number of benzene rings is 1. The maximum absolute atomic E-state index is 11.9. The first-order valence-corrected chi connectivity index (χ1v) is 6.18. The maximum Gasteiger partial charge on any atom is 0.316 e. The summed E-state index contributed by atoms with van der Waals surface area (Å²) in [4.78, 5) is 34.4. The van der Waals surface area contributed by atoms with Crippen molar-refractivity contribution in [3.63, 3.8) is 0 Å². The van der Waals surface area contributed by atoms with Crippen molar-refractivity contribution in [1.82, 2.24) is 9.13 Å². The molecule has 6 nitrogen and oxygen atoms in total. The van der Waals surface area contributed by atoms with E-state index in [-0.39, 0.29) is 13.1 Å². The summed E-state index contributed by atoms with van der Waals surface area (Å²) >= 11 is 5.77. The van der Waals surface area contributed by atoms with Crippen LogP contribution in [0.3, 0.4) is 0 Å². The highest BCUT2D eigenvalue weighted by Gasteiger charge is 2.07. The van der Waals surface area contributed by atoms with Gasteiger partial charge in [0, 0.05) is 17.4 Å². The lowest BCUT2D eigenvalue weighted by Gasteiger charge is -2.08. The summed E-state index contributed by atoms with van der Waals surface area (Å²) in [6.07, 6.45) is 2.81. The first kappa shape index (κ1) is 14.1. The normalized spacial score (nSPS) is 10.4. The highest BCUT2D eigenvalue weighted by atomic mass is 35.5. The number of carbonyl (C=O) groups excluding carboxylic acids is 1. The molecule has 0 aliphatic rings. The highest BCUT2D eigenvalue weighted by molar-refractivity contribution is 6.30. The predicted molar refractivity (Wildman–Crippen MR) is 74.7 cm³/mol. The number of primary amides is 1. The van der Waals surface area contributed by atoms with Crippen molar-refractivity contribution in [3.05, 3.63) is 68.0 Å². The van der Waals surface area contributed by atoms with Gasteiger partial charge in [0.25, 0.3) is 0 Å². The number of nitrogens with two attached hydrogens (primary N) is 1. The molecule has 1 aromatic heterocycles.